The first-order chi connectivity index (χ1) is 14.1. The molecule has 5 nitrogen and oxygen atoms in total. The molecule has 0 spiro atoms. The summed E-state index contributed by atoms with van der Waals surface area (Å²) in [6.45, 7) is 5.09. The monoisotopic (exact) mass is 482 g/mol. The number of benzene rings is 1. The maximum Gasteiger partial charge on any atom is 0.416 e. The molecule has 160 valence electrons. The number of piperazine rings is 1. The van der Waals surface area contributed by atoms with Crippen LogP contribution in [0.1, 0.15) is 34.2 Å². The second kappa shape index (κ2) is 7.85. The molecular formula is C21H22BrF3N4O. The number of carbonyl (C=O) groups is 1. The third-order valence-corrected chi connectivity index (χ3v) is 6.01. The molecule has 0 radical (unpaired) electrons. The number of aromatic nitrogens is 2. The number of fused-ring (bicyclic) bond motifs is 1. The van der Waals surface area contributed by atoms with Gasteiger partial charge in [0.2, 0.25) is 0 Å². The zero-order chi connectivity index (χ0) is 21.5. The highest BCUT2D eigenvalue weighted by atomic mass is 79.9. The van der Waals surface area contributed by atoms with E-state index in [1.807, 2.05) is 18.3 Å². The van der Waals surface area contributed by atoms with Crippen molar-refractivity contribution in [3.05, 3.63) is 58.9 Å². The zero-order valence-electron chi connectivity index (χ0n) is 16.5. The minimum atomic E-state index is -4.32. The Balaban J connectivity index is 1.33. The van der Waals surface area contributed by atoms with Gasteiger partial charge < -0.3 is 4.90 Å². The molecule has 1 aromatic carbocycles. The summed E-state index contributed by atoms with van der Waals surface area (Å²) in [5.41, 5.74) is 1.62. The van der Waals surface area contributed by atoms with Gasteiger partial charge in [0.25, 0.3) is 5.91 Å². The van der Waals surface area contributed by atoms with Crippen molar-refractivity contribution in [1.82, 2.24) is 19.6 Å². The number of hydrogen-bond acceptors (Lipinski definition) is 3. The number of hydrogen-bond donors (Lipinski definition) is 0. The minimum absolute atomic E-state index is 0.0873. The van der Waals surface area contributed by atoms with Crippen molar-refractivity contribution < 1.29 is 18.0 Å². The number of nitrogens with zero attached hydrogens (tertiary/aromatic N) is 4. The number of allylic oxidation sites excluding steroid dienone is 1. The molecule has 0 saturated carbocycles. The fourth-order valence-electron chi connectivity index (χ4n) is 3.77. The van der Waals surface area contributed by atoms with Crippen molar-refractivity contribution in [2.75, 3.05) is 26.2 Å². The molecule has 1 amide bonds. The molecule has 0 N–H and O–H groups in total. The first-order valence-corrected chi connectivity index (χ1v) is 10.5. The fraction of sp³-hybridized carbons (Fsp3) is 0.429. The van der Waals surface area contributed by atoms with Crippen molar-refractivity contribution in [2.45, 2.75) is 30.4 Å². The van der Waals surface area contributed by atoms with Crippen molar-refractivity contribution >= 4 is 28.0 Å². The maximum atomic E-state index is 12.9. The lowest BCUT2D eigenvalue weighted by atomic mass is 10.0. The molecule has 30 heavy (non-hydrogen) atoms. The van der Waals surface area contributed by atoms with Crippen LogP contribution in [0, 0.1) is 0 Å². The van der Waals surface area contributed by atoms with Crippen LogP contribution >= 0.6 is 15.9 Å². The van der Waals surface area contributed by atoms with Gasteiger partial charge in [0.1, 0.15) is 0 Å². The Bertz CT molecular complexity index is 958. The summed E-state index contributed by atoms with van der Waals surface area (Å²) < 4.78 is 39.7. The Labute approximate surface area is 181 Å². The van der Waals surface area contributed by atoms with Crippen molar-refractivity contribution in [1.29, 1.82) is 0 Å². The average Bonchev–Trinajstić information content (AvgIpc) is 3.10. The molecule has 2 aliphatic heterocycles. The number of amides is 1. The fourth-order valence-corrected chi connectivity index (χ4v) is 4.17. The third-order valence-electron chi connectivity index (χ3n) is 5.47. The second-order valence-corrected chi connectivity index (χ2v) is 9.81. The highest BCUT2D eigenvalue weighted by molar-refractivity contribution is 9.10. The lowest BCUT2D eigenvalue weighted by Gasteiger charge is -2.34. The quantitative estimate of drug-likeness (QED) is 0.620. The molecule has 9 heteroatoms. The average molecular weight is 483 g/mol. The highest BCUT2D eigenvalue weighted by Gasteiger charge is 2.30. The molecule has 0 aliphatic carbocycles. The van der Waals surface area contributed by atoms with Gasteiger partial charge in [-0.3, -0.25) is 9.69 Å². The summed E-state index contributed by atoms with van der Waals surface area (Å²) in [5.74, 6) is -0.0873. The van der Waals surface area contributed by atoms with Crippen LogP contribution < -0.4 is 0 Å². The Morgan fingerprint density at radius 2 is 1.83 bits per heavy atom. The van der Waals surface area contributed by atoms with E-state index in [9.17, 15) is 18.0 Å². The second-order valence-electron chi connectivity index (χ2n) is 8.00. The number of rotatable bonds is 3. The van der Waals surface area contributed by atoms with Crippen molar-refractivity contribution in [2.24, 2.45) is 0 Å². The highest BCUT2D eigenvalue weighted by Crippen LogP contribution is 2.30. The van der Waals surface area contributed by atoms with E-state index in [-0.39, 0.29) is 10.2 Å². The normalized spacial score (nSPS) is 22.2. The number of alkyl halides is 4. The van der Waals surface area contributed by atoms with E-state index in [1.54, 1.807) is 9.58 Å². The number of halogens is 4. The van der Waals surface area contributed by atoms with Gasteiger partial charge in [-0.1, -0.05) is 28.1 Å². The smallest absolute Gasteiger partial charge is 0.335 e. The topological polar surface area (TPSA) is 41.4 Å². The number of carbonyl (C=O) groups excluding carboxylic acids is 1. The van der Waals surface area contributed by atoms with Crippen LogP contribution in [0.25, 0.3) is 6.20 Å². The van der Waals surface area contributed by atoms with Crippen LogP contribution in [-0.2, 0) is 19.1 Å². The Hall–Kier alpha value is -2.13. The van der Waals surface area contributed by atoms with E-state index in [4.69, 9.17) is 0 Å². The van der Waals surface area contributed by atoms with Crippen LogP contribution in [0.15, 0.2) is 36.4 Å². The predicted octanol–water partition coefficient (Wildman–Crippen LogP) is 4.04. The third kappa shape index (κ3) is 4.62. The molecular weight excluding hydrogens is 461 g/mol. The van der Waals surface area contributed by atoms with E-state index in [0.29, 0.717) is 38.4 Å². The summed E-state index contributed by atoms with van der Waals surface area (Å²) in [7, 11) is 0. The SMILES string of the molecule is CC1(Br)C=Cn2nc(C(=O)N3CCN(Cc4ccc(C(F)(F)F)cc4)CC3)cc2C1. The summed E-state index contributed by atoms with van der Waals surface area (Å²) in [5, 5.41) is 4.42. The molecule has 4 rings (SSSR count). The Morgan fingerprint density at radius 3 is 2.47 bits per heavy atom. The lowest BCUT2D eigenvalue weighted by Crippen LogP contribution is -2.48. The summed E-state index contributed by atoms with van der Waals surface area (Å²) >= 11 is 3.65. The molecule has 1 fully saturated rings. The standard InChI is InChI=1S/C21H22BrF3N4O/c1-20(22)6-7-29-17(13-20)12-18(26-29)19(30)28-10-8-27(9-11-28)14-15-2-4-16(5-3-15)21(23,24)25/h2-7,12H,8-11,13-14H2,1H3. The lowest BCUT2D eigenvalue weighted by molar-refractivity contribution is -0.137. The molecule has 1 aromatic heterocycles. The van der Waals surface area contributed by atoms with Crippen molar-refractivity contribution in [3.8, 4) is 0 Å². The Kier molecular flexibility index (Phi) is 5.52. The van der Waals surface area contributed by atoms with Gasteiger partial charge in [-0.2, -0.15) is 18.3 Å². The molecule has 2 aromatic rings. The van der Waals surface area contributed by atoms with Gasteiger partial charge in [-0.25, -0.2) is 4.68 Å². The van der Waals surface area contributed by atoms with Gasteiger partial charge in [0.15, 0.2) is 5.69 Å². The molecule has 1 atom stereocenters. The molecule has 2 aliphatic rings. The van der Waals surface area contributed by atoms with Crippen LogP contribution in [0.4, 0.5) is 13.2 Å². The Morgan fingerprint density at radius 1 is 1.17 bits per heavy atom. The van der Waals surface area contributed by atoms with E-state index < -0.39 is 11.7 Å². The first-order valence-electron chi connectivity index (χ1n) is 9.75. The predicted molar refractivity (Wildman–Crippen MR) is 111 cm³/mol. The van der Waals surface area contributed by atoms with Gasteiger partial charge in [-0.15, -0.1) is 0 Å². The zero-order valence-corrected chi connectivity index (χ0v) is 18.1. The van der Waals surface area contributed by atoms with Crippen LogP contribution in [0.3, 0.4) is 0 Å². The van der Waals surface area contributed by atoms with Gasteiger partial charge in [0.05, 0.1) is 5.56 Å². The molecule has 1 saturated heterocycles. The largest absolute Gasteiger partial charge is 0.416 e. The van der Waals surface area contributed by atoms with Crippen LogP contribution in [0.5, 0.6) is 0 Å². The van der Waals surface area contributed by atoms with Gasteiger partial charge in [-0.05, 0) is 36.8 Å². The minimum Gasteiger partial charge on any atom is -0.335 e. The molecule has 0 bridgehead atoms. The summed E-state index contributed by atoms with van der Waals surface area (Å²) in [4.78, 5) is 16.8. The molecule has 3 heterocycles. The van der Waals surface area contributed by atoms with E-state index in [1.165, 1.54) is 12.1 Å². The molecule has 1 unspecified atom stereocenters. The van der Waals surface area contributed by atoms with Gasteiger partial charge >= 0.3 is 6.18 Å². The maximum absolute atomic E-state index is 12.9. The van der Waals surface area contributed by atoms with Crippen LogP contribution in [-0.4, -0.2) is 56.0 Å². The van der Waals surface area contributed by atoms with Crippen LogP contribution in [0.2, 0.25) is 0 Å². The van der Waals surface area contributed by atoms with Crippen molar-refractivity contribution in [3.63, 3.8) is 0 Å². The van der Waals surface area contributed by atoms with E-state index in [0.717, 1.165) is 29.8 Å². The summed E-state index contributed by atoms with van der Waals surface area (Å²) in [6.07, 6.45) is 0.318. The first kappa shape index (κ1) is 21.1. The van der Waals surface area contributed by atoms with Gasteiger partial charge in [0, 0.05) is 55.4 Å². The van der Waals surface area contributed by atoms with E-state index in [2.05, 4.69) is 32.9 Å². The van der Waals surface area contributed by atoms with E-state index >= 15 is 0 Å². The summed E-state index contributed by atoms with van der Waals surface area (Å²) in [6, 6.07) is 7.10.